The van der Waals surface area contributed by atoms with E-state index in [1.54, 1.807) is 6.20 Å². The highest BCUT2D eigenvalue weighted by Gasteiger charge is 2.50. The normalized spacial score (nSPS) is 25.0. The van der Waals surface area contributed by atoms with Gasteiger partial charge < -0.3 is 35.8 Å². The van der Waals surface area contributed by atoms with E-state index in [0.717, 1.165) is 92.6 Å². The highest BCUT2D eigenvalue weighted by molar-refractivity contribution is 7.99. The van der Waals surface area contributed by atoms with Gasteiger partial charge in [-0.3, -0.25) is 19.6 Å². The van der Waals surface area contributed by atoms with Gasteiger partial charge in [0.25, 0.3) is 0 Å². The van der Waals surface area contributed by atoms with Gasteiger partial charge in [-0.1, -0.05) is 17.8 Å². The minimum absolute atomic E-state index is 0.0220. The van der Waals surface area contributed by atoms with Gasteiger partial charge in [-0.15, -0.1) is 0 Å². The predicted molar refractivity (Wildman–Crippen MR) is 207 cm³/mol. The number of piperazine rings is 1. The van der Waals surface area contributed by atoms with Crippen molar-refractivity contribution in [2.75, 3.05) is 62.8 Å². The third-order valence-electron chi connectivity index (χ3n) is 10.8. The number of carboxylic acid groups (broad SMARTS) is 1. The summed E-state index contributed by atoms with van der Waals surface area (Å²) in [5, 5.41) is 16.0. The second-order valence-electron chi connectivity index (χ2n) is 15.7. The Hall–Kier alpha value is -4.25. The number of aliphatic carboxylic acids is 1. The lowest BCUT2D eigenvalue weighted by atomic mass is 9.73. The number of carboxylic acids is 1. The van der Waals surface area contributed by atoms with Gasteiger partial charge in [-0.2, -0.15) is 0 Å². The molecule has 5 N–H and O–H groups in total. The van der Waals surface area contributed by atoms with E-state index in [-0.39, 0.29) is 35.0 Å². The van der Waals surface area contributed by atoms with Crippen molar-refractivity contribution >= 4 is 47.5 Å². The molecule has 0 bridgehead atoms. The lowest BCUT2D eigenvalue weighted by molar-refractivity contribution is -0.132. The van der Waals surface area contributed by atoms with E-state index in [4.69, 9.17) is 30.3 Å². The number of nitrogens with one attached hydrogen (secondary N) is 2. The molecule has 3 saturated heterocycles. The molecule has 4 fully saturated rings. The average molecular weight is 764 g/mol. The van der Waals surface area contributed by atoms with E-state index in [1.807, 2.05) is 58.2 Å². The Labute approximate surface area is 321 Å². The number of aromatic nitrogens is 2. The van der Waals surface area contributed by atoms with E-state index in [1.165, 1.54) is 18.0 Å². The molecule has 6 rings (SSSR count). The van der Waals surface area contributed by atoms with Crippen LogP contribution in [0.2, 0.25) is 0 Å². The molecule has 1 spiro atoms. The Balaban J connectivity index is 0.927. The molecule has 1 aromatic heterocycles. The van der Waals surface area contributed by atoms with Crippen LogP contribution in [0.25, 0.3) is 0 Å². The van der Waals surface area contributed by atoms with Crippen LogP contribution >= 0.6 is 11.8 Å². The largest absolute Gasteiger partial charge is 0.478 e. The van der Waals surface area contributed by atoms with Crippen LogP contribution in [0, 0.1) is 11.3 Å². The smallest absolute Gasteiger partial charge is 0.407 e. The number of benzene rings is 1. The number of aliphatic imine (C=N–C) groups is 1. The summed E-state index contributed by atoms with van der Waals surface area (Å²) in [6.07, 6.45) is 8.83. The zero-order valence-electron chi connectivity index (χ0n) is 31.6. The first-order valence-corrected chi connectivity index (χ1v) is 19.5. The highest BCUT2D eigenvalue weighted by atomic mass is 32.2. The van der Waals surface area contributed by atoms with Crippen LogP contribution in [0.5, 0.6) is 0 Å². The van der Waals surface area contributed by atoms with Gasteiger partial charge >= 0.3 is 12.1 Å². The summed E-state index contributed by atoms with van der Waals surface area (Å²) in [6.45, 7) is 13.6. The van der Waals surface area contributed by atoms with E-state index < -0.39 is 17.7 Å². The number of rotatable bonds is 11. The predicted octanol–water partition coefficient (Wildman–Crippen LogP) is 3.82. The first kappa shape index (κ1) is 39.4. The van der Waals surface area contributed by atoms with Crippen LogP contribution in [0.4, 0.5) is 16.3 Å². The number of hydrogen-bond acceptors (Lipinski definition) is 13. The molecule has 3 aliphatic heterocycles. The number of nitrogens with zero attached hydrogens (tertiary/aromatic N) is 6. The monoisotopic (exact) mass is 763 g/mol. The molecule has 1 saturated carbocycles. The summed E-state index contributed by atoms with van der Waals surface area (Å²) in [4.78, 5) is 58.2. The van der Waals surface area contributed by atoms with Gasteiger partial charge in [-0.05, 0) is 71.6 Å². The van der Waals surface area contributed by atoms with Crippen molar-refractivity contribution in [2.45, 2.75) is 87.1 Å². The van der Waals surface area contributed by atoms with Crippen LogP contribution < -0.4 is 21.3 Å². The van der Waals surface area contributed by atoms with Crippen LogP contribution in [0.15, 0.2) is 63.3 Å². The number of piperidine rings is 1. The van der Waals surface area contributed by atoms with Crippen molar-refractivity contribution in [1.82, 2.24) is 25.1 Å². The Morgan fingerprint density at radius 2 is 1.85 bits per heavy atom. The van der Waals surface area contributed by atoms with Gasteiger partial charge in [-0.25, -0.2) is 19.6 Å². The molecule has 1 aromatic carbocycles. The standard InChI is InChI=1S/C38H53N9O6S/c1-25-33(44-36(51)53-37(2,3)4)38(23-52-25)8-10-47(11-9-38)31-21-42-32(22-41-31)54-30-7-5-6-28(18-30)43-34(48)26-16-29(17-26)46-14-12-45(13-15-46)24-40-20-27(19-39)35(49)50/h5-7,18-22,25-26,29,33H,8-17,23-24,39H2,1-4H3,(H,43,48)(H,44,51)(H,49,50)/b27-19+,40-20-/t25-,26?,29?,33+/m0/s1. The second kappa shape index (κ2) is 17.0. The molecule has 1 aliphatic carbocycles. The number of hydrogen-bond donors (Lipinski definition) is 4. The van der Waals surface area contributed by atoms with E-state index in [9.17, 15) is 14.4 Å². The molecule has 54 heavy (non-hydrogen) atoms. The highest BCUT2D eigenvalue weighted by Crippen LogP contribution is 2.43. The summed E-state index contributed by atoms with van der Waals surface area (Å²) in [5.74, 6) is -0.253. The molecule has 2 amide bonds. The summed E-state index contributed by atoms with van der Waals surface area (Å²) in [5.41, 5.74) is 5.36. The quantitative estimate of drug-likeness (QED) is 0.191. The Morgan fingerprint density at radius 1 is 1.11 bits per heavy atom. The lowest BCUT2D eigenvalue weighted by Crippen LogP contribution is -2.55. The summed E-state index contributed by atoms with van der Waals surface area (Å²) < 4.78 is 11.6. The number of carbonyl (C=O) groups excluding carboxylic acids is 2. The molecule has 2 aromatic rings. The first-order chi connectivity index (χ1) is 25.8. The number of carbonyl (C=O) groups is 3. The molecule has 0 radical (unpaired) electrons. The Kier molecular flexibility index (Phi) is 12.5. The maximum atomic E-state index is 13.1. The maximum Gasteiger partial charge on any atom is 0.407 e. The number of alkyl carbamates (subject to hydrolysis) is 1. The van der Waals surface area contributed by atoms with Gasteiger partial charge in [0.15, 0.2) is 0 Å². The fourth-order valence-corrected chi connectivity index (χ4v) is 8.43. The maximum absolute atomic E-state index is 13.1. The van der Waals surface area contributed by atoms with Crippen molar-refractivity contribution in [3.63, 3.8) is 0 Å². The summed E-state index contributed by atoms with van der Waals surface area (Å²) >= 11 is 1.50. The van der Waals surface area contributed by atoms with Gasteiger partial charge in [0.2, 0.25) is 5.91 Å². The van der Waals surface area contributed by atoms with E-state index >= 15 is 0 Å². The van der Waals surface area contributed by atoms with E-state index in [2.05, 4.69) is 30.3 Å². The second-order valence-corrected chi connectivity index (χ2v) is 16.8. The van der Waals surface area contributed by atoms with Crippen molar-refractivity contribution in [1.29, 1.82) is 0 Å². The SMILES string of the molecule is C[C@@H]1OCC2(CCN(c3cnc(Sc4cccc(NC(=O)C5CC(N6CCN(C/N=C\C(=C/N)C(=O)O)CC6)C5)c4)cn3)CC2)[C@@H]1NC(=O)OC(C)(C)C. The third-order valence-corrected chi connectivity index (χ3v) is 11.7. The number of nitrogens with two attached hydrogens (primary N) is 1. The van der Waals surface area contributed by atoms with Crippen molar-refractivity contribution < 1.29 is 29.0 Å². The molecule has 292 valence electrons. The van der Waals surface area contributed by atoms with Crippen molar-refractivity contribution in [3.8, 4) is 0 Å². The zero-order valence-corrected chi connectivity index (χ0v) is 32.4. The van der Waals surface area contributed by atoms with E-state index in [0.29, 0.717) is 19.3 Å². The first-order valence-electron chi connectivity index (χ1n) is 18.7. The van der Waals surface area contributed by atoms with Gasteiger partial charge in [0.05, 0.1) is 43.4 Å². The van der Waals surface area contributed by atoms with Gasteiger partial charge in [0, 0.05) is 79.6 Å². The van der Waals surface area contributed by atoms with Crippen molar-refractivity contribution in [2.24, 2.45) is 22.1 Å². The van der Waals surface area contributed by atoms with Crippen LogP contribution in [-0.2, 0) is 19.1 Å². The molecule has 0 unspecified atom stereocenters. The molecule has 16 heteroatoms. The lowest BCUT2D eigenvalue weighted by Gasteiger charge is -2.45. The topological polar surface area (TPSA) is 188 Å². The molecule has 2 atom stereocenters. The Morgan fingerprint density at radius 3 is 2.50 bits per heavy atom. The number of ether oxygens (including phenoxy) is 2. The van der Waals surface area contributed by atoms with Crippen molar-refractivity contribution in [3.05, 3.63) is 48.4 Å². The molecular formula is C38H53N9O6S. The van der Waals surface area contributed by atoms with Crippen LogP contribution in [0.3, 0.4) is 0 Å². The molecule has 15 nitrogen and oxygen atoms in total. The fourth-order valence-electron chi connectivity index (χ4n) is 7.64. The minimum Gasteiger partial charge on any atom is -0.478 e. The average Bonchev–Trinajstić information content (AvgIpc) is 3.39. The summed E-state index contributed by atoms with van der Waals surface area (Å²) in [6, 6.07) is 8.08. The Bertz CT molecular complexity index is 1700. The molecular weight excluding hydrogens is 711 g/mol. The van der Waals surface area contributed by atoms with Crippen LogP contribution in [-0.4, -0.2) is 125 Å². The minimum atomic E-state index is -1.09. The number of anilines is 2. The zero-order chi connectivity index (χ0) is 38.5. The summed E-state index contributed by atoms with van der Waals surface area (Å²) in [7, 11) is 0. The van der Waals surface area contributed by atoms with Crippen LogP contribution in [0.1, 0.15) is 53.4 Å². The fraction of sp³-hybridized carbons (Fsp3) is 0.579. The van der Waals surface area contributed by atoms with Gasteiger partial charge in [0.1, 0.15) is 16.4 Å². The molecule has 4 aliphatic rings. The molecule has 4 heterocycles. The number of amides is 2. The third kappa shape index (κ3) is 9.88.